The first-order valence-electron chi connectivity index (χ1n) is 8.56. The number of carbonyl (C=O) groups is 1. The smallest absolute Gasteiger partial charge is 0.426 e. The Morgan fingerprint density at radius 3 is 2.25 bits per heavy atom. The number of methoxy groups -OCH3 is 1. The van der Waals surface area contributed by atoms with Gasteiger partial charge < -0.3 is 9.47 Å². The first kappa shape index (κ1) is 22.4. The second-order valence-corrected chi connectivity index (χ2v) is 6.76. The molecule has 158 valence electrons. The van der Waals surface area contributed by atoms with Crippen LogP contribution in [0.5, 0.6) is 5.75 Å². The summed E-state index contributed by atoms with van der Waals surface area (Å²) in [4.78, 5) is 12.1. The highest BCUT2D eigenvalue weighted by atomic mass is 19.4. The predicted octanol–water partition coefficient (Wildman–Crippen LogP) is 5.18. The number of benzene rings is 1. The van der Waals surface area contributed by atoms with Gasteiger partial charge in [-0.2, -0.15) is 22.0 Å². The van der Waals surface area contributed by atoms with Gasteiger partial charge in [0.1, 0.15) is 11.6 Å². The molecule has 0 spiro atoms. The summed E-state index contributed by atoms with van der Waals surface area (Å²) in [5.41, 5.74) is -1.77. The third-order valence-electron chi connectivity index (χ3n) is 4.71. The summed E-state index contributed by atoms with van der Waals surface area (Å²) in [6, 6.07) is 1.34. The Hall–Kier alpha value is -1.84. The standard InChI is InChI=1S/C18H19F7O3/c1-27-9-10-2-4-11(5-3-10)15(26)28-12-6-7-13(14(19)8-12)17(21,22)16(20)18(23,24)25/h6-8,10-11,16H,2-5,9H2,1H3. The molecule has 0 heterocycles. The molecule has 1 aliphatic rings. The molecule has 2 rings (SSSR count). The first-order chi connectivity index (χ1) is 13.0. The van der Waals surface area contributed by atoms with Crippen LogP contribution in [-0.4, -0.2) is 32.0 Å². The van der Waals surface area contributed by atoms with Crippen LogP contribution < -0.4 is 4.74 Å². The Kier molecular flexibility index (Phi) is 6.95. The highest BCUT2D eigenvalue weighted by Crippen LogP contribution is 2.43. The van der Waals surface area contributed by atoms with Crippen molar-refractivity contribution in [2.75, 3.05) is 13.7 Å². The quantitative estimate of drug-likeness (QED) is 0.364. The average molecular weight is 416 g/mol. The van der Waals surface area contributed by atoms with E-state index >= 15 is 0 Å². The minimum Gasteiger partial charge on any atom is -0.426 e. The van der Waals surface area contributed by atoms with Gasteiger partial charge in [0.15, 0.2) is 0 Å². The van der Waals surface area contributed by atoms with E-state index in [2.05, 4.69) is 0 Å². The van der Waals surface area contributed by atoms with Crippen molar-refractivity contribution in [1.29, 1.82) is 0 Å². The summed E-state index contributed by atoms with van der Waals surface area (Å²) in [6.45, 7) is 0.566. The van der Waals surface area contributed by atoms with E-state index in [0.29, 0.717) is 37.5 Å². The summed E-state index contributed by atoms with van der Waals surface area (Å²) in [5.74, 6) is -8.19. The third-order valence-corrected chi connectivity index (χ3v) is 4.71. The lowest BCUT2D eigenvalue weighted by Gasteiger charge is -2.26. The molecule has 1 aromatic rings. The Balaban J connectivity index is 2.05. The molecule has 1 saturated carbocycles. The van der Waals surface area contributed by atoms with Crippen molar-refractivity contribution < 1.29 is 45.0 Å². The zero-order chi connectivity index (χ0) is 21.1. The van der Waals surface area contributed by atoms with Crippen molar-refractivity contribution in [3.8, 4) is 5.75 Å². The van der Waals surface area contributed by atoms with E-state index in [1.807, 2.05) is 0 Å². The summed E-state index contributed by atoms with van der Waals surface area (Å²) in [5, 5.41) is 0. The second kappa shape index (κ2) is 8.67. The van der Waals surface area contributed by atoms with Crippen molar-refractivity contribution in [2.45, 2.75) is 44.0 Å². The lowest BCUT2D eigenvalue weighted by molar-refractivity contribution is -0.248. The molecule has 0 saturated heterocycles. The summed E-state index contributed by atoms with van der Waals surface area (Å²) in [7, 11) is 1.57. The Labute approximate surface area is 156 Å². The normalized spacial score (nSPS) is 22.0. The minimum atomic E-state index is -5.86. The Morgan fingerprint density at radius 1 is 1.14 bits per heavy atom. The van der Waals surface area contributed by atoms with E-state index in [9.17, 15) is 35.5 Å². The molecule has 0 radical (unpaired) electrons. The zero-order valence-corrected chi connectivity index (χ0v) is 14.9. The van der Waals surface area contributed by atoms with Gasteiger partial charge in [-0.1, -0.05) is 0 Å². The van der Waals surface area contributed by atoms with E-state index in [0.717, 1.165) is 12.8 Å². The van der Waals surface area contributed by atoms with E-state index in [-0.39, 0.29) is 6.07 Å². The Morgan fingerprint density at radius 2 is 1.75 bits per heavy atom. The van der Waals surface area contributed by atoms with Crippen molar-refractivity contribution in [1.82, 2.24) is 0 Å². The fourth-order valence-corrected chi connectivity index (χ4v) is 3.17. The molecule has 1 atom stereocenters. The summed E-state index contributed by atoms with van der Waals surface area (Å²) < 4.78 is 101. The number of rotatable bonds is 6. The van der Waals surface area contributed by atoms with Gasteiger partial charge in [-0.15, -0.1) is 0 Å². The molecule has 0 aliphatic heterocycles. The van der Waals surface area contributed by atoms with Crippen molar-refractivity contribution >= 4 is 5.97 Å². The monoisotopic (exact) mass is 416 g/mol. The number of alkyl halides is 6. The largest absolute Gasteiger partial charge is 0.426 e. The molecule has 0 amide bonds. The number of carbonyl (C=O) groups excluding carboxylic acids is 1. The van der Waals surface area contributed by atoms with Crippen LogP contribution in [-0.2, 0) is 15.5 Å². The predicted molar refractivity (Wildman–Crippen MR) is 84.2 cm³/mol. The molecule has 28 heavy (non-hydrogen) atoms. The number of hydrogen-bond acceptors (Lipinski definition) is 3. The van der Waals surface area contributed by atoms with Gasteiger partial charge in [0, 0.05) is 19.8 Å². The maximum absolute atomic E-state index is 13.9. The van der Waals surface area contributed by atoms with E-state index in [1.54, 1.807) is 7.11 Å². The van der Waals surface area contributed by atoms with Crippen LogP contribution in [0.15, 0.2) is 18.2 Å². The summed E-state index contributed by atoms with van der Waals surface area (Å²) in [6.07, 6.45) is -7.94. The van der Waals surface area contributed by atoms with Crippen LogP contribution >= 0.6 is 0 Å². The van der Waals surface area contributed by atoms with E-state index < -0.39 is 47.3 Å². The molecule has 10 heteroatoms. The molecule has 1 aliphatic carbocycles. The molecule has 1 aromatic carbocycles. The molecular formula is C18H19F7O3. The fourth-order valence-electron chi connectivity index (χ4n) is 3.17. The number of esters is 1. The molecule has 1 unspecified atom stereocenters. The van der Waals surface area contributed by atoms with E-state index in [4.69, 9.17) is 9.47 Å². The van der Waals surface area contributed by atoms with Crippen LogP contribution in [0.3, 0.4) is 0 Å². The van der Waals surface area contributed by atoms with Crippen LogP contribution in [0, 0.1) is 17.7 Å². The van der Waals surface area contributed by atoms with Gasteiger partial charge >= 0.3 is 18.1 Å². The van der Waals surface area contributed by atoms with Gasteiger partial charge in [-0.3, -0.25) is 4.79 Å². The number of ether oxygens (including phenoxy) is 2. The van der Waals surface area contributed by atoms with Crippen LogP contribution in [0.25, 0.3) is 0 Å². The molecular weight excluding hydrogens is 397 g/mol. The summed E-state index contributed by atoms with van der Waals surface area (Å²) >= 11 is 0. The average Bonchev–Trinajstić information content (AvgIpc) is 2.61. The first-order valence-corrected chi connectivity index (χ1v) is 8.56. The lowest BCUT2D eigenvalue weighted by atomic mass is 9.82. The maximum Gasteiger partial charge on any atom is 0.426 e. The highest BCUT2D eigenvalue weighted by molar-refractivity contribution is 5.75. The Bertz CT molecular complexity index is 682. The number of hydrogen-bond donors (Lipinski definition) is 0. The van der Waals surface area contributed by atoms with Gasteiger partial charge in [0.25, 0.3) is 6.17 Å². The van der Waals surface area contributed by atoms with Gasteiger partial charge in [-0.05, 0) is 43.7 Å². The van der Waals surface area contributed by atoms with Crippen molar-refractivity contribution in [3.63, 3.8) is 0 Å². The third kappa shape index (κ3) is 5.15. The van der Waals surface area contributed by atoms with Crippen LogP contribution in [0.2, 0.25) is 0 Å². The van der Waals surface area contributed by atoms with Crippen LogP contribution in [0.1, 0.15) is 31.2 Å². The molecule has 0 aromatic heterocycles. The van der Waals surface area contributed by atoms with Gasteiger partial charge in [0.2, 0.25) is 0 Å². The van der Waals surface area contributed by atoms with Crippen molar-refractivity contribution in [3.05, 3.63) is 29.6 Å². The van der Waals surface area contributed by atoms with Gasteiger partial charge in [0.05, 0.1) is 11.5 Å². The molecule has 3 nitrogen and oxygen atoms in total. The molecule has 0 N–H and O–H groups in total. The fraction of sp³-hybridized carbons (Fsp3) is 0.611. The zero-order valence-electron chi connectivity index (χ0n) is 14.9. The maximum atomic E-state index is 13.9. The lowest BCUT2D eigenvalue weighted by Crippen LogP contribution is -2.40. The molecule has 1 fully saturated rings. The van der Waals surface area contributed by atoms with Gasteiger partial charge in [-0.25, -0.2) is 8.78 Å². The highest BCUT2D eigenvalue weighted by Gasteiger charge is 2.58. The topological polar surface area (TPSA) is 35.5 Å². The second-order valence-electron chi connectivity index (χ2n) is 6.76. The van der Waals surface area contributed by atoms with E-state index in [1.165, 1.54) is 0 Å². The van der Waals surface area contributed by atoms with Crippen LogP contribution in [0.4, 0.5) is 30.7 Å². The minimum absolute atomic E-state index is 0.283. The SMILES string of the molecule is COCC1CCC(C(=O)Oc2ccc(C(F)(F)C(F)C(F)(F)F)c(F)c2)CC1. The van der Waals surface area contributed by atoms with Crippen molar-refractivity contribution in [2.24, 2.45) is 11.8 Å². The number of halogens is 7. The molecule has 0 bridgehead atoms.